The lowest BCUT2D eigenvalue weighted by molar-refractivity contribution is 0.408. The lowest BCUT2D eigenvalue weighted by atomic mass is 10.2. The van der Waals surface area contributed by atoms with Crippen molar-refractivity contribution in [2.75, 3.05) is 7.11 Å². The van der Waals surface area contributed by atoms with Gasteiger partial charge in [-0.15, -0.1) is 0 Å². The summed E-state index contributed by atoms with van der Waals surface area (Å²) in [5.74, 6) is 0.819. The SMILES string of the molecule is COc1ccnc(C)c1CN. The number of rotatable bonds is 2. The van der Waals surface area contributed by atoms with Crippen LogP contribution in [-0.4, -0.2) is 12.1 Å². The van der Waals surface area contributed by atoms with Gasteiger partial charge in [-0.1, -0.05) is 0 Å². The Morgan fingerprint density at radius 1 is 1.64 bits per heavy atom. The summed E-state index contributed by atoms with van der Waals surface area (Å²) in [6.07, 6.45) is 1.72. The van der Waals surface area contributed by atoms with E-state index in [0.29, 0.717) is 6.54 Å². The molecule has 0 fully saturated rings. The molecule has 0 aliphatic heterocycles. The summed E-state index contributed by atoms with van der Waals surface area (Å²) in [5, 5.41) is 0. The molecule has 1 aromatic heterocycles. The molecule has 0 bridgehead atoms. The van der Waals surface area contributed by atoms with Gasteiger partial charge in [-0.25, -0.2) is 0 Å². The van der Waals surface area contributed by atoms with Crippen LogP contribution in [0, 0.1) is 6.92 Å². The molecule has 60 valence electrons. The number of aryl methyl sites for hydroxylation is 1. The maximum absolute atomic E-state index is 5.51. The number of hydrogen-bond acceptors (Lipinski definition) is 3. The standard InChI is InChI=1S/C8H12N2O/c1-6-7(5-9)8(11-2)3-4-10-6/h3-4H,5,9H2,1-2H3. The number of nitrogens with zero attached hydrogens (tertiary/aromatic N) is 1. The molecule has 0 aliphatic rings. The summed E-state index contributed by atoms with van der Waals surface area (Å²) in [7, 11) is 1.63. The minimum Gasteiger partial charge on any atom is -0.496 e. The minimum absolute atomic E-state index is 0.475. The van der Waals surface area contributed by atoms with Gasteiger partial charge in [0.15, 0.2) is 0 Å². The van der Waals surface area contributed by atoms with Gasteiger partial charge in [0.1, 0.15) is 5.75 Å². The molecule has 3 heteroatoms. The quantitative estimate of drug-likeness (QED) is 0.683. The molecule has 2 N–H and O–H groups in total. The van der Waals surface area contributed by atoms with Crippen LogP contribution >= 0.6 is 0 Å². The third kappa shape index (κ3) is 1.49. The van der Waals surface area contributed by atoms with E-state index in [2.05, 4.69) is 4.98 Å². The highest BCUT2D eigenvalue weighted by atomic mass is 16.5. The van der Waals surface area contributed by atoms with Crippen molar-refractivity contribution in [3.05, 3.63) is 23.5 Å². The van der Waals surface area contributed by atoms with Gasteiger partial charge in [-0.05, 0) is 13.0 Å². The highest BCUT2D eigenvalue weighted by Gasteiger charge is 2.03. The van der Waals surface area contributed by atoms with E-state index in [1.165, 1.54) is 0 Å². The molecule has 1 rings (SSSR count). The van der Waals surface area contributed by atoms with E-state index in [4.69, 9.17) is 10.5 Å². The maximum Gasteiger partial charge on any atom is 0.126 e. The molecule has 3 nitrogen and oxygen atoms in total. The number of ether oxygens (including phenoxy) is 1. The fraction of sp³-hybridized carbons (Fsp3) is 0.375. The van der Waals surface area contributed by atoms with Crippen molar-refractivity contribution in [2.24, 2.45) is 5.73 Å². The van der Waals surface area contributed by atoms with Gasteiger partial charge in [0.05, 0.1) is 7.11 Å². The van der Waals surface area contributed by atoms with Crippen LogP contribution in [0.4, 0.5) is 0 Å². The molecule has 0 amide bonds. The van der Waals surface area contributed by atoms with Gasteiger partial charge in [0.25, 0.3) is 0 Å². The first-order chi connectivity index (χ1) is 5.29. The second-order valence-electron chi connectivity index (χ2n) is 2.28. The highest BCUT2D eigenvalue weighted by molar-refractivity contribution is 5.34. The summed E-state index contributed by atoms with van der Waals surface area (Å²) >= 11 is 0. The Labute approximate surface area is 66.2 Å². The number of hydrogen-bond donors (Lipinski definition) is 1. The zero-order chi connectivity index (χ0) is 8.27. The van der Waals surface area contributed by atoms with Gasteiger partial charge in [0, 0.05) is 24.0 Å². The van der Waals surface area contributed by atoms with E-state index in [0.717, 1.165) is 17.0 Å². The van der Waals surface area contributed by atoms with Crippen LogP contribution < -0.4 is 10.5 Å². The molecule has 1 heterocycles. The number of methoxy groups -OCH3 is 1. The van der Waals surface area contributed by atoms with Crippen molar-refractivity contribution in [1.29, 1.82) is 0 Å². The smallest absolute Gasteiger partial charge is 0.126 e. The summed E-state index contributed by atoms with van der Waals surface area (Å²) in [5.41, 5.74) is 7.43. The lowest BCUT2D eigenvalue weighted by Crippen LogP contribution is -2.03. The average Bonchev–Trinajstić information content (AvgIpc) is 2.04. The molecule has 0 unspecified atom stereocenters. The molecule has 0 spiro atoms. The molecule has 0 saturated heterocycles. The maximum atomic E-state index is 5.51. The summed E-state index contributed by atoms with van der Waals surface area (Å²) in [6, 6.07) is 1.81. The van der Waals surface area contributed by atoms with Gasteiger partial charge in [0.2, 0.25) is 0 Å². The van der Waals surface area contributed by atoms with Crippen LogP contribution in [0.1, 0.15) is 11.3 Å². The van der Waals surface area contributed by atoms with Crippen molar-refractivity contribution >= 4 is 0 Å². The van der Waals surface area contributed by atoms with Gasteiger partial charge in [-0.3, -0.25) is 4.98 Å². The summed E-state index contributed by atoms with van der Waals surface area (Å²) in [4.78, 5) is 4.10. The van der Waals surface area contributed by atoms with E-state index in [9.17, 15) is 0 Å². The zero-order valence-corrected chi connectivity index (χ0v) is 6.79. The van der Waals surface area contributed by atoms with E-state index >= 15 is 0 Å². The van der Waals surface area contributed by atoms with Crippen LogP contribution in [0.3, 0.4) is 0 Å². The highest BCUT2D eigenvalue weighted by Crippen LogP contribution is 2.18. The third-order valence-electron chi connectivity index (χ3n) is 1.65. The first-order valence-corrected chi connectivity index (χ1v) is 3.48. The first-order valence-electron chi connectivity index (χ1n) is 3.48. The van der Waals surface area contributed by atoms with Crippen LogP contribution in [-0.2, 0) is 6.54 Å². The Morgan fingerprint density at radius 3 is 2.82 bits per heavy atom. The lowest BCUT2D eigenvalue weighted by Gasteiger charge is -2.07. The van der Waals surface area contributed by atoms with Gasteiger partial charge >= 0.3 is 0 Å². The van der Waals surface area contributed by atoms with Gasteiger partial charge in [-0.2, -0.15) is 0 Å². The van der Waals surface area contributed by atoms with E-state index in [1.54, 1.807) is 13.3 Å². The molecule has 11 heavy (non-hydrogen) atoms. The molecular weight excluding hydrogens is 140 g/mol. The second-order valence-corrected chi connectivity index (χ2v) is 2.28. The predicted octanol–water partition coefficient (Wildman–Crippen LogP) is 0.857. The number of nitrogens with two attached hydrogens (primary N) is 1. The Kier molecular flexibility index (Phi) is 2.44. The Balaban J connectivity index is 3.13. The normalized spacial score (nSPS) is 9.73. The number of aromatic nitrogens is 1. The molecule has 0 aromatic carbocycles. The summed E-state index contributed by atoms with van der Waals surface area (Å²) < 4.78 is 5.10. The van der Waals surface area contributed by atoms with Crippen molar-refractivity contribution < 1.29 is 4.74 Å². The van der Waals surface area contributed by atoms with Crippen molar-refractivity contribution in [3.8, 4) is 5.75 Å². The molecule has 0 radical (unpaired) electrons. The van der Waals surface area contributed by atoms with Crippen molar-refractivity contribution in [3.63, 3.8) is 0 Å². The third-order valence-corrected chi connectivity index (χ3v) is 1.65. The van der Waals surface area contributed by atoms with E-state index in [1.807, 2.05) is 13.0 Å². The van der Waals surface area contributed by atoms with Crippen LogP contribution in [0.25, 0.3) is 0 Å². The molecule has 0 aliphatic carbocycles. The second kappa shape index (κ2) is 3.34. The average molecular weight is 152 g/mol. The zero-order valence-electron chi connectivity index (χ0n) is 6.79. The monoisotopic (exact) mass is 152 g/mol. The molecule has 0 saturated carbocycles. The fourth-order valence-corrected chi connectivity index (χ4v) is 1.01. The topological polar surface area (TPSA) is 48.1 Å². The largest absolute Gasteiger partial charge is 0.496 e. The predicted molar refractivity (Wildman–Crippen MR) is 43.4 cm³/mol. The van der Waals surface area contributed by atoms with Crippen molar-refractivity contribution in [1.82, 2.24) is 4.98 Å². The van der Waals surface area contributed by atoms with Crippen molar-refractivity contribution in [2.45, 2.75) is 13.5 Å². The Bertz CT molecular complexity index is 248. The fourth-order valence-electron chi connectivity index (χ4n) is 1.01. The van der Waals surface area contributed by atoms with Crippen LogP contribution in [0.2, 0.25) is 0 Å². The molecular formula is C8H12N2O. The first kappa shape index (κ1) is 8.01. The van der Waals surface area contributed by atoms with Crippen LogP contribution in [0.15, 0.2) is 12.3 Å². The summed E-state index contributed by atoms with van der Waals surface area (Å²) in [6.45, 7) is 2.40. The van der Waals surface area contributed by atoms with E-state index in [-0.39, 0.29) is 0 Å². The number of pyridine rings is 1. The van der Waals surface area contributed by atoms with Gasteiger partial charge < -0.3 is 10.5 Å². The van der Waals surface area contributed by atoms with E-state index < -0.39 is 0 Å². The molecule has 1 aromatic rings. The Hall–Kier alpha value is -1.09. The molecule has 0 atom stereocenters. The van der Waals surface area contributed by atoms with Crippen LogP contribution in [0.5, 0.6) is 5.75 Å². The Morgan fingerprint density at radius 2 is 2.36 bits per heavy atom. The minimum atomic E-state index is 0.475.